The number of ether oxygens (including phenoxy) is 1. The molecule has 0 saturated carbocycles. The molecule has 18 heavy (non-hydrogen) atoms. The summed E-state index contributed by atoms with van der Waals surface area (Å²) in [6, 6.07) is -0.271. The summed E-state index contributed by atoms with van der Waals surface area (Å²) in [7, 11) is 0. The Kier molecular flexibility index (Phi) is 6.60. The quantitative estimate of drug-likeness (QED) is 0.713. The molecule has 5 nitrogen and oxygen atoms in total. The lowest BCUT2D eigenvalue weighted by molar-refractivity contribution is -0.124. The van der Waals surface area contributed by atoms with E-state index in [-0.39, 0.29) is 17.9 Å². The molecule has 5 heteroatoms. The number of hydrogen-bond acceptors (Lipinski definition) is 4. The Morgan fingerprint density at radius 1 is 1.39 bits per heavy atom. The van der Waals surface area contributed by atoms with Crippen LogP contribution in [0.3, 0.4) is 0 Å². The smallest absolute Gasteiger partial charge is 0.237 e. The molecule has 106 valence electrons. The first kappa shape index (κ1) is 15.4. The Hall–Kier alpha value is -0.650. The highest BCUT2D eigenvalue weighted by molar-refractivity contribution is 5.82. The van der Waals surface area contributed by atoms with Gasteiger partial charge in [0.05, 0.1) is 19.3 Å². The molecule has 3 atom stereocenters. The van der Waals surface area contributed by atoms with Gasteiger partial charge >= 0.3 is 0 Å². The van der Waals surface area contributed by atoms with Crippen LogP contribution < -0.4 is 11.1 Å². The van der Waals surface area contributed by atoms with Crippen LogP contribution in [0, 0.1) is 5.92 Å². The zero-order valence-electron chi connectivity index (χ0n) is 11.8. The number of hydrogen-bond donors (Lipinski definition) is 2. The van der Waals surface area contributed by atoms with Crippen molar-refractivity contribution in [2.24, 2.45) is 11.7 Å². The Morgan fingerprint density at radius 3 is 2.56 bits per heavy atom. The molecule has 3 N–H and O–H groups in total. The van der Waals surface area contributed by atoms with Crippen molar-refractivity contribution >= 4 is 5.91 Å². The molecule has 0 aliphatic carbocycles. The van der Waals surface area contributed by atoms with Gasteiger partial charge in [-0.2, -0.15) is 0 Å². The number of amides is 1. The largest absolute Gasteiger partial charge is 0.379 e. The van der Waals surface area contributed by atoms with Crippen LogP contribution in [0.4, 0.5) is 0 Å². The van der Waals surface area contributed by atoms with Crippen LogP contribution in [-0.2, 0) is 9.53 Å². The third-order valence-corrected chi connectivity index (χ3v) is 3.58. The number of nitrogens with zero attached hydrogens (tertiary/aromatic N) is 1. The van der Waals surface area contributed by atoms with Crippen molar-refractivity contribution in [1.29, 1.82) is 0 Å². The van der Waals surface area contributed by atoms with Gasteiger partial charge in [0.15, 0.2) is 0 Å². The molecule has 0 spiro atoms. The van der Waals surface area contributed by atoms with Crippen LogP contribution in [0.5, 0.6) is 0 Å². The van der Waals surface area contributed by atoms with Gasteiger partial charge in [-0.1, -0.05) is 20.3 Å². The normalized spacial score (nSPS) is 22.2. The Balaban J connectivity index is 2.29. The van der Waals surface area contributed by atoms with Gasteiger partial charge in [0.1, 0.15) is 0 Å². The highest BCUT2D eigenvalue weighted by Crippen LogP contribution is 2.06. The highest BCUT2D eigenvalue weighted by atomic mass is 16.5. The first-order valence-corrected chi connectivity index (χ1v) is 6.90. The second kappa shape index (κ2) is 7.71. The summed E-state index contributed by atoms with van der Waals surface area (Å²) in [5.41, 5.74) is 5.91. The zero-order valence-corrected chi connectivity index (χ0v) is 11.8. The number of carbonyl (C=O) groups excluding carboxylic acids is 1. The fraction of sp³-hybridized carbons (Fsp3) is 0.923. The van der Waals surface area contributed by atoms with Crippen molar-refractivity contribution in [3.05, 3.63) is 0 Å². The van der Waals surface area contributed by atoms with E-state index in [9.17, 15) is 4.79 Å². The summed E-state index contributed by atoms with van der Waals surface area (Å²) in [5, 5.41) is 3.00. The SMILES string of the molecule is CC[C@H](C)[C@H](N)C(=O)N[C@@H](C)CN1CCOCC1. The van der Waals surface area contributed by atoms with E-state index in [1.54, 1.807) is 0 Å². The minimum absolute atomic E-state index is 0.0369. The molecule has 1 rings (SSSR count). The van der Waals surface area contributed by atoms with Crippen LogP contribution in [0.2, 0.25) is 0 Å². The summed E-state index contributed by atoms with van der Waals surface area (Å²) in [6.07, 6.45) is 0.923. The Labute approximate surface area is 110 Å². The number of nitrogens with two attached hydrogens (primary N) is 1. The van der Waals surface area contributed by atoms with Crippen molar-refractivity contribution in [3.63, 3.8) is 0 Å². The standard InChI is InChI=1S/C13H27N3O2/c1-4-10(2)12(14)13(17)15-11(3)9-16-5-7-18-8-6-16/h10-12H,4-9,14H2,1-3H3,(H,15,17)/t10-,11-,12-/m0/s1. The molecule has 1 saturated heterocycles. The lowest BCUT2D eigenvalue weighted by Crippen LogP contribution is -2.51. The molecule has 0 aromatic rings. The molecular formula is C13H27N3O2. The molecular weight excluding hydrogens is 230 g/mol. The molecule has 0 bridgehead atoms. The summed E-state index contributed by atoms with van der Waals surface area (Å²) in [5.74, 6) is 0.186. The molecule has 1 fully saturated rings. The predicted octanol–water partition coefficient (Wildman–Crippen LogP) is 0.197. The molecule has 0 aromatic heterocycles. The zero-order chi connectivity index (χ0) is 13.5. The number of morpholine rings is 1. The van der Waals surface area contributed by atoms with Crippen molar-refractivity contribution in [3.8, 4) is 0 Å². The lowest BCUT2D eigenvalue weighted by atomic mass is 9.99. The molecule has 1 aliphatic heterocycles. The first-order valence-electron chi connectivity index (χ1n) is 6.90. The maximum Gasteiger partial charge on any atom is 0.237 e. The summed E-state index contributed by atoms with van der Waals surface area (Å²) < 4.78 is 5.30. The third-order valence-electron chi connectivity index (χ3n) is 3.58. The van der Waals surface area contributed by atoms with Crippen LogP contribution >= 0.6 is 0 Å². The fourth-order valence-electron chi connectivity index (χ4n) is 2.07. The van der Waals surface area contributed by atoms with E-state index in [2.05, 4.69) is 17.1 Å². The van der Waals surface area contributed by atoms with Crippen molar-refractivity contribution in [2.45, 2.75) is 39.3 Å². The molecule has 1 amide bonds. The van der Waals surface area contributed by atoms with E-state index in [1.165, 1.54) is 0 Å². The average Bonchev–Trinajstić information content (AvgIpc) is 2.37. The Bertz CT molecular complexity index is 255. The first-order chi connectivity index (χ1) is 8.54. The Morgan fingerprint density at radius 2 is 2.00 bits per heavy atom. The van der Waals surface area contributed by atoms with Crippen LogP contribution in [0.1, 0.15) is 27.2 Å². The molecule has 1 heterocycles. The van der Waals surface area contributed by atoms with E-state index in [1.807, 2.05) is 13.8 Å². The lowest BCUT2D eigenvalue weighted by Gasteiger charge is -2.30. The predicted molar refractivity (Wildman–Crippen MR) is 72.3 cm³/mol. The van der Waals surface area contributed by atoms with Crippen molar-refractivity contribution in [1.82, 2.24) is 10.2 Å². The van der Waals surface area contributed by atoms with Gasteiger partial charge in [-0.15, -0.1) is 0 Å². The van der Waals surface area contributed by atoms with Crippen LogP contribution in [-0.4, -0.2) is 55.7 Å². The van der Waals surface area contributed by atoms with Gasteiger partial charge in [-0.05, 0) is 12.8 Å². The van der Waals surface area contributed by atoms with E-state index in [4.69, 9.17) is 10.5 Å². The average molecular weight is 257 g/mol. The maximum atomic E-state index is 11.9. The minimum Gasteiger partial charge on any atom is -0.379 e. The summed E-state index contributed by atoms with van der Waals surface area (Å²) >= 11 is 0. The topological polar surface area (TPSA) is 67.6 Å². The van der Waals surface area contributed by atoms with Gasteiger partial charge in [0, 0.05) is 25.7 Å². The van der Waals surface area contributed by atoms with Crippen molar-refractivity contribution < 1.29 is 9.53 Å². The van der Waals surface area contributed by atoms with Gasteiger partial charge in [-0.3, -0.25) is 9.69 Å². The minimum atomic E-state index is -0.401. The van der Waals surface area contributed by atoms with Crippen LogP contribution in [0.25, 0.3) is 0 Å². The number of carbonyl (C=O) groups is 1. The monoisotopic (exact) mass is 257 g/mol. The van der Waals surface area contributed by atoms with Gasteiger partial charge < -0.3 is 15.8 Å². The number of rotatable bonds is 6. The molecule has 1 aliphatic rings. The highest BCUT2D eigenvalue weighted by Gasteiger charge is 2.21. The second-order valence-corrected chi connectivity index (χ2v) is 5.23. The second-order valence-electron chi connectivity index (χ2n) is 5.23. The van der Waals surface area contributed by atoms with Gasteiger partial charge in [-0.25, -0.2) is 0 Å². The van der Waals surface area contributed by atoms with Gasteiger partial charge in [0.25, 0.3) is 0 Å². The molecule has 0 aromatic carbocycles. The number of nitrogens with one attached hydrogen (secondary N) is 1. The van der Waals surface area contributed by atoms with Gasteiger partial charge in [0.2, 0.25) is 5.91 Å². The van der Waals surface area contributed by atoms with E-state index in [0.717, 1.165) is 39.3 Å². The maximum absolute atomic E-state index is 11.9. The van der Waals surface area contributed by atoms with E-state index < -0.39 is 6.04 Å². The molecule has 0 unspecified atom stereocenters. The molecule has 0 radical (unpaired) electrons. The van der Waals surface area contributed by atoms with E-state index >= 15 is 0 Å². The fourth-order valence-corrected chi connectivity index (χ4v) is 2.07. The summed E-state index contributed by atoms with van der Waals surface area (Å²) in [6.45, 7) is 10.4. The summed E-state index contributed by atoms with van der Waals surface area (Å²) in [4.78, 5) is 14.2. The van der Waals surface area contributed by atoms with Crippen molar-refractivity contribution in [2.75, 3.05) is 32.8 Å². The third kappa shape index (κ3) is 4.92. The van der Waals surface area contributed by atoms with E-state index in [0.29, 0.717) is 0 Å². The van der Waals surface area contributed by atoms with Crippen LogP contribution in [0.15, 0.2) is 0 Å².